The SMILES string of the molecule is C#CCC.CCC(=O)N1Cc2ccccc2C#Cc2ccccc21.CCNC(=O)COC1CCC#CC(F)(F)CC1. The van der Waals surface area contributed by atoms with E-state index in [2.05, 4.69) is 29.0 Å². The molecule has 41 heavy (non-hydrogen) atoms. The Morgan fingerprint density at radius 3 is 2.41 bits per heavy atom. The molecule has 1 atom stereocenters. The average molecular weight is 561 g/mol. The van der Waals surface area contributed by atoms with Crippen LogP contribution in [0.4, 0.5) is 14.5 Å². The number of carbonyl (C=O) groups excluding carboxylic acids is 2. The van der Waals surface area contributed by atoms with E-state index >= 15 is 0 Å². The van der Waals surface area contributed by atoms with Crippen molar-refractivity contribution in [3.63, 3.8) is 0 Å². The third-order valence-electron chi connectivity index (χ3n) is 6.15. The van der Waals surface area contributed by atoms with Crippen LogP contribution in [0, 0.1) is 36.0 Å². The van der Waals surface area contributed by atoms with Crippen molar-refractivity contribution in [1.82, 2.24) is 5.32 Å². The second-order valence-electron chi connectivity index (χ2n) is 9.29. The minimum absolute atomic E-state index is 0.0719. The zero-order valence-corrected chi connectivity index (χ0v) is 24.1. The molecule has 216 valence electrons. The summed E-state index contributed by atoms with van der Waals surface area (Å²) in [6.07, 6.45) is 6.72. The summed E-state index contributed by atoms with van der Waals surface area (Å²) >= 11 is 0. The maximum absolute atomic E-state index is 13.0. The first-order valence-corrected chi connectivity index (χ1v) is 13.9. The van der Waals surface area contributed by atoms with E-state index in [4.69, 9.17) is 11.2 Å². The Hall–Kier alpha value is -4.12. The van der Waals surface area contributed by atoms with Gasteiger partial charge in [0.25, 0.3) is 0 Å². The van der Waals surface area contributed by atoms with Gasteiger partial charge in [-0.2, -0.15) is 8.78 Å². The number of carbonyl (C=O) groups is 2. The largest absolute Gasteiger partial charge is 0.368 e. The molecule has 5 nitrogen and oxygen atoms in total. The third kappa shape index (κ3) is 11.5. The smallest absolute Gasteiger partial charge is 0.308 e. The van der Waals surface area contributed by atoms with Gasteiger partial charge >= 0.3 is 5.92 Å². The number of alkyl halides is 2. The monoisotopic (exact) mass is 560 g/mol. The van der Waals surface area contributed by atoms with Gasteiger partial charge in [0.2, 0.25) is 11.8 Å². The van der Waals surface area contributed by atoms with Crippen LogP contribution in [-0.2, 0) is 20.9 Å². The van der Waals surface area contributed by atoms with Gasteiger partial charge in [0.05, 0.1) is 18.3 Å². The van der Waals surface area contributed by atoms with Gasteiger partial charge in [-0.25, -0.2) is 0 Å². The lowest BCUT2D eigenvalue weighted by atomic mass is 10.0. The Morgan fingerprint density at radius 1 is 1.07 bits per heavy atom. The topological polar surface area (TPSA) is 58.6 Å². The summed E-state index contributed by atoms with van der Waals surface area (Å²) in [4.78, 5) is 25.3. The minimum Gasteiger partial charge on any atom is -0.368 e. The number of ether oxygens (including phenoxy) is 1. The number of fused-ring (bicyclic) bond motifs is 2. The predicted octanol–water partition coefficient (Wildman–Crippen LogP) is 6.09. The number of likely N-dealkylation sites (N-methyl/N-ethyl adjacent to an activating group) is 1. The molecule has 1 unspecified atom stereocenters. The van der Waals surface area contributed by atoms with Gasteiger partial charge in [-0.1, -0.05) is 61.9 Å². The molecule has 2 aliphatic rings. The molecule has 4 rings (SSSR count). The zero-order valence-electron chi connectivity index (χ0n) is 24.1. The van der Waals surface area contributed by atoms with Crippen molar-refractivity contribution < 1.29 is 23.1 Å². The quantitative estimate of drug-likeness (QED) is 0.450. The Morgan fingerprint density at radius 2 is 1.73 bits per heavy atom. The van der Waals surface area contributed by atoms with E-state index in [0.717, 1.165) is 28.8 Å². The summed E-state index contributed by atoms with van der Waals surface area (Å²) in [5.41, 5.74) is 3.90. The van der Waals surface area contributed by atoms with Gasteiger partial charge < -0.3 is 15.0 Å². The lowest BCUT2D eigenvalue weighted by Gasteiger charge is -2.25. The normalized spacial score (nSPS) is 16.0. The second kappa shape index (κ2) is 17.5. The van der Waals surface area contributed by atoms with Crippen LogP contribution in [0.1, 0.15) is 76.0 Å². The third-order valence-corrected chi connectivity index (χ3v) is 6.15. The molecule has 0 radical (unpaired) electrons. The molecule has 2 amide bonds. The number of terminal acetylenes is 1. The highest BCUT2D eigenvalue weighted by Crippen LogP contribution is 2.26. The molecule has 0 aromatic heterocycles. The molecule has 0 saturated heterocycles. The van der Waals surface area contributed by atoms with Crippen molar-refractivity contribution in [2.24, 2.45) is 0 Å². The van der Waals surface area contributed by atoms with E-state index in [9.17, 15) is 18.4 Å². The first-order chi connectivity index (χ1) is 19.7. The van der Waals surface area contributed by atoms with E-state index in [1.165, 1.54) is 0 Å². The van der Waals surface area contributed by atoms with Crippen molar-refractivity contribution in [3.8, 4) is 36.0 Å². The molecule has 7 heteroatoms. The van der Waals surface area contributed by atoms with Gasteiger partial charge in [-0.05, 0) is 49.4 Å². The molecule has 1 aliphatic carbocycles. The van der Waals surface area contributed by atoms with Gasteiger partial charge in [-0.15, -0.1) is 12.3 Å². The summed E-state index contributed by atoms with van der Waals surface area (Å²) in [5, 5.41) is 2.59. The Kier molecular flexibility index (Phi) is 14.2. The van der Waals surface area contributed by atoms with E-state index < -0.39 is 5.92 Å². The minimum atomic E-state index is -2.92. The van der Waals surface area contributed by atoms with Gasteiger partial charge in [0.1, 0.15) is 6.61 Å². The van der Waals surface area contributed by atoms with Crippen LogP contribution in [0.25, 0.3) is 0 Å². The molecule has 0 bridgehead atoms. The summed E-state index contributed by atoms with van der Waals surface area (Å²) < 4.78 is 31.4. The van der Waals surface area contributed by atoms with Crippen molar-refractivity contribution in [1.29, 1.82) is 0 Å². The number of nitrogens with one attached hydrogen (secondary N) is 1. The van der Waals surface area contributed by atoms with Crippen LogP contribution in [-0.4, -0.2) is 37.0 Å². The average Bonchev–Trinajstić information content (AvgIpc) is 2.96. The maximum Gasteiger partial charge on any atom is 0.308 e. The fourth-order valence-electron chi connectivity index (χ4n) is 3.98. The molecular weight excluding hydrogens is 522 g/mol. The molecule has 0 fully saturated rings. The van der Waals surface area contributed by atoms with E-state index in [1.807, 2.05) is 80.1 Å². The fraction of sp³-hybridized carbons (Fsp3) is 0.412. The number of benzene rings is 2. The first-order valence-electron chi connectivity index (χ1n) is 13.9. The number of hydrogen-bond donors (Lipinski definition) is 1. The zero-order chi connectivity index (χ0) is 30.1. The van der Waals surface area contributed by atoms with Crippen LogP contribution in [0.5, 0.6) is 0 Å². The first kappa shape index (κ1) is 33.1. The predicted molar refractivity (Wildman–Crippen MR) is 159 cm³/mol. The van der Waals surface area contributed by atoms with E-state index in [1.54, 1.807) is 0 Å². The number of hydrogen-bond acceptors (Lipinski definition) is 3. The molecular formula is C34H38F2N2O3. The molecule has 2 aromatic rings. The summed E-state index contributed by atoms with van der Waals surface area (Å²) in [5.74, 6) is 10.2. The van der Waals surface area contributed by atoms with Gasteiger partial charge in [0, 0.05) is 43.4 Å². The highest BCUT2D eigenvalue weighted by atomic mass is 19.3. The lowest BCUT2D eigenvalue weighted by molar-refractivity contribution is -0.128. The van der Waals surface area contributed by atoms with Crippen LogP contribution < -0.4 is 10.2 Å². The Bertz CT molecular complexity index is 1320. The molecule has 1 aliphatic heterocycles. The van der Waals surface area contributed by atoms with Crippen LogP contribution in [0.2, 0.25) is 0 Å². The Balaban J connectivity index is 0.000000257. The number of rotatable bonds is 5. The number of halogens is 2. The maximum atomic E-state index is 13.0. The van der Waals surface area contributed by atoms with Gasteiger partial charge in [-0.3, -0.25) is 9.59 Å². The van der Waals surface area contributed by atoms with Crippen LogP contribution in [0.15, 0.2) is 48.5 Å². The second-order valence-corrected chi connectivity index (χ2v) is 9.29. The molecule has 1 heterocycles. The number of para-hydroxylation sites is 1. The van der Waals surface area contributed by atoms with Gasteiger partial charge in [0.15, 0.2) is 0 Å². The summed E-state index contributed by atoms with van der Waals surface area (Å²) in [6.45, 7) is 6.69. The van der Waals surface area contributed by atoms with E-state index in [-0.39, 0.29) is 37.4 Å². The van der Waals surface area contributed by atoms with Crippen LogP contribution in [0.3, 0.4) is 0 Å². The van der Waals surface area contributed by atoms with Crippen molar-refractivity contribution in [2.45, 2.75) is 77.9 Å². The summed E-state index contributed by atoms with van der Waals surface area (Å²) in [6, 6.07) is 15.8. The standard InChI is InChI=1S/C18H15NO.C12H17F2NO2.C4H6/c1-2-18(20)19-13-16-9-4-3-7-14(16)11-12-15-8-5-6-10-17(15)19;1-2-15-11(16)9-17-10-5-3-4-7-12(13,14)8-6-10;1-3-4-2/h3-10H,2,13H2,1H3;10H,2-3,5-6,8-9H2,1H3,(H,15,16);1H,4H2,2H3. The lowest BCUT2D eigenvalue weighted by Crippen LogP contribution is -2.31. The van der Waals surface area contributed by atoms with Crippen LogP contribution >= 0.6 is 0 Å². The highest BCUT2D eigenvalue weighted by molar-refractivity contribution is 5.94. The number of amides is 2. The summed E-state index contributed by atoms with van der Waals surface area (Å²) in [7, 11) is 0. The molecule has 0 spiro atoms. The van der Waals surface area contributed by atoms with Crippen molar-refractivity contribution >= 4 is 17.5 Å². The highest BCUT2D eigenvalue weighted by Gasteiger charge is 2.28. The molecule has 0 saturated carbocycles. The fourth-order valence-corrected chi connectivity index (χ4v) is 3.98. The van der Waals surface area contributed by atoms with Crippen molar-refractivity contribution in [2.75, 3.05) is 18.1 Å². The number of nitrogens with zero attached hydrogens (tertiary/aromatic N) is 1. The van der Waals surface area contributed by atoms with Crippen molar-refractivity contribution in [3.05, 3.63) is 65.2 Å². The molecule has 2 aromatic carbocycles. The van der Waals surface area contributed by atoms with E-state index in [0.29, 0.717) is 32.4 Å². The Labute approximate surface area is 243 Å². The number of anilines is 1. The molecule has 1 N–H and O–H groups in total.